The zero-order valence-electron chi connectivity index (χ0n) is 13.0. The van der Waals surface area contributed by atoms with Crippen molar-refractivity contribution in [3.8, 4) is 0 Å². The van der Waals surface area contributed by atoms with Crippen molar-refractivity contribution in [1.82, 2.24) is 0 Å². The molecule has 0 radical (unpaired) electrons. The lowest BCUT2D eigenvalue weighted by molar-refractivity contribution is -0.113. The van der Waals surface area contributed by atoms with Gasteiger partial charge in [-0.25, -0.2) is 4.79 Å². The van der Waals surface area contributed by atoms with Crippen LogP contribution in [0.2, 0.25) is 0 Å². The first kappa shape index (κ1) is 17.2. The molecule has 0 saturated heterocycles. The molecule has 1 aliphatic rings. The molecule has 1 aromatic heterocycles. The van der Waals surface area contributed by atoms with Crippen LogP contribution in [0.5, 0.6) is 0 Å². The third-order valence-corrected chi connectivity index (χ3v) is 5.16. The predicted molar refractivity (Wildman–Crippen MR) is 86.8 cm³/mol. The second-order valence-corrected chi connectivity index (χ2v) is 6.75. The van der Waals surface area contributed by atoms with Gasteiger partial charge in [0, 0.05) is 11.3 Å². The van der Waals surface area contributed by atoms with Crippen LogP contribution in [0.3, 0.4) is 0 Å². The molecule has 122 valence electrons. The van der Waals surface area contributed by atoms with Gasteiger partial charge in [-0.1, -0.05) is 6.92 Å². The van der Waals surface area contributed by atoms with E-state index >= 15 is 0 Å². The van der Waals surface area contributed by atoms with E-state index in [1.807, 2.05) is 6.92 Å². The van der Waals surface area contributed by atoms with Gasteiger partial charge in [-0.2, -0.15) is 0 Å². The van der Waals surface area contributed by atoms with E-state index in [9.17, 15) is 9.59 Å². The second kappa shape index (κ2) is 6.98. The molecule has 1 N–H and O–H groups in total. The van der Waals surface area contributed by atoms with Gasteiger partial charge >= 0.3 is 5.97 Å². The maximum absolute atomic E-state index is 12.3. The fourth-order valence-electron chi connectivity index (χ4n) is 2.37. The van der Waals surface area contributed by atoms with E-state index in [0.717, 1.165) is 16.9 Å². The molecule has 1 amide bonds. The zero-order valence-corrected chi connectivity index (χ0v) is 14.5. The number of halogens is 1. The fourth-order valence-corrected chi connectivity index (χ4v) is 3.58. The fraction of sp³-hybridized carbons (Fsp3) is 0.600. The Morgan fingerprint density at radius 2 is 2.18 bits per heavy atom. The van der Waals surface area contributed by atoms with Crippen molar-refractivity contribution in [1.29, 1.82) is 0 Å². The Kier molecular flexibility index (Phi) is 5.47. The number of alkyl halides is 1. The Labute approximate surface area is 138 Å². The molecule has 1 aromatic rings. The number of esters is 1. The van der Waals surface area contributed by atoms with Gasteiger partial charge in [0.2, 0.25) is 5.91 Å². The molecule has 0 spiro atoms. The number of carbonyl (C=O) groups is 2. The Bertz CT molecular complexity index is 586. The highest BCUT2D eigenvalue weighted by Gasteiger charge is 2.36. The number of hydrogen-bond donors (Lipinski definition) is 1. The van der Waals surface area contributed by atoms with Gasteiger partial charge in [-0.15, -0.1) is 22.9 Å². The topological polar surface area (TPSA) is 64.6 Å². The lowest BCUT2D eigenvalue weighted by Gasteiger charge is -2.33. The minimum absolute atomic E-state index is 0.159. The zero-order chi connectivity index (χ0) is 16.3. The van der Waals surface area contributed by atoms with E-state index < -0.39 is 5.97 Å². The Morgan fingerprint density at radius 1 is 1.45 bits per heavy atom. The first-order chi connectivity index (χ1) is 10.4. The van der Waals surface area contributed by atoms with Gasteiger partial charge in [0.15, 0.2) is 0 Å². The number of nitrogens with one attached hydrogen (secondary N) is 1. The van der Waals surface area contributed by atoms with E-state index in [-0.39, 0.29) is 24.0 Å². The van der Waals surface area contributed by atoms with Crippen LogP contribution in [0.1, 0.15) is 48.0 Å². The van der Waals surface area contributed by atoms with E-state index in [4.69, 9.17) is 21.1 Å². The second-order valence-electron chi connectivity index (χ2n) is 5.38. The summed E-state index contributed by atoms with van der Waals surface area (Å²) in [5.41, 5.74) is 1.07. The molecule has 0 fully saturated rings. The monoisotopic (exact) mass is 345 g/mol. The van der Waals surface area contributed by atoms with Crippen LogP contribution in [0.15, 0.2) is 0 Å². The molecule has 5 nitrogen and oxygen atoms in total. The number of thiophene rings is 1. The van der Waals surface area contributed by atoms with Gasteiger partial charge < -0.3 is 14.8 Å². The van der Waals surface area contributed by atoms with E-state index in [1.54, 1.807) is 6.92 Å². The SMILES string of the molecule is CCOC(=O)c1c(NC(=O)CCl)sc2c1CC(C)(CC)OC2. The van der Waals surface area contributed by atoms with Crippen molar-refractivity contribution in [2.24, 2.45) is 0 Å². The Balaban J connectivity index is 2.44. The minimum Gasteiger partial charge on any atom is -0.462 e. The molecule has 0 saturated carbocycles. The summed E-state index contributed by atoms with van der Waals surface area (Å²) in [5, 5.41) is 3.19. The van der Waals surface area contributed by atoms with E-state index in [2.05, 4.69) is 12.2 Å². The van der Waals surface area contributed by atoms with Crippen LogP contribution in [-0.4, -0.2) is 30.0 Å². The number of anilines is 1. The quantitative estimate of drug-likeness (QED) is 0.656. The van der Waals surface area contributed by atoms with Gasteiger partial charge in [0.25, 0.3) is 0 Å². The van der Waals surface area contributed by atoms with E-state index in [1.165, 1.54) is 11.3 Å². The summed E-state index contributed by atoms with van der Waals surface area (Å²) in [6.45, 7) is 6.56. The maximum atomic E-state index is 12.3. The van der Waals surface area contributed by atoms with Crippen LogP contribution >= 0.6 is 22.9 Å². The van der Waals surface area contributed by atoms with Crippen molar-refractivity contribution in [2.75, 3.05) is 17.8 Å². The third-order valence-electron chi connectivity index (χ3n) is 3.79. The molecule has 22 heavy (non-hydrogen) atoms. The van der Waals surface area contributed by atoms with Gasteiger partial charge in [-0.3, -0.25) is 4.79 Å². The number of amides is 1. The van der Waals surface area contributed by atoms with Crippen molar-refractivity contribution in [3.05, 3.63) is 16.0 Å². The maximum Gasteiger partial charge on any atom is 0.341 e. The average molecular weight is 346 g/mol. The molecule has 1 atom stereocenters. The summed E-state index contributed by atoms with van der Waals surface area (Å²) < 4.78 is 11.1. The van der Waals surface area contributed by atoms with Crippen LogP contribution in [0.25, 0.3) is 0 Å². The summed E-state index contributed by atoms with van der Waals surface area (Å²) in [6.07, 6.45) is 1.47. The molecule has 2 heterocycles. The predicted octanol–water partition coefficient (Wildman–Crippen LogP) is 3.34. The first-order valence-electron chi connectivity index (χ1n) is 7.25. The third kappa shape index (κ3) is 3.45. The van der Waals surface area contributed by atoms with Crippen LogP contribution < -0.4 is 5.32 Å². The molecule has 0 aromatic carbocycles. The largest absolute Gasteiger partial charge is 0.462 e. The number of rotatable bonds is 5. The highest BCUT2D eigenvalue weighted by Crippen LogP contribution is 2.41. The van der Waals surface area contributed by atoms with Crippen molar-refractivity contribution in [2.45, 2.75) is 45.8 Å². The smallest absolute Gasteiger partial charge is 0.341 e. The number of ether oxygens (including phenoxy) is 2. The first-order valence-corrected chi connectivity index (χ1v) is 8.60. The lowest BCUT2D eigenvalue weighted by Crippen LogP contribution is -2.34. The van der Waals surface area contributed by atoms with Crippen molar-refractivity contribution < 1.29 is 19.1 Å². The standard InChI is InChI=1S/C15H20ClNO4S/c1-4-15(3)6-9-10(8-21-15)22-13(17-11(18)7-16)12(9)14(19)20-5-2/h4-8H2,1-3H3,(H,17,18). The summed E-state index contributed by atoms with van der Waals surface area (Å²) >= 11 is 6.90. The Hall–Kier alpha value is -1.11. The molecule has 2 rings (SSSR count). The summed E-state index contributed by atoms with van der Waals surface area (Å²) in [6, 6.07) is 0. The summed E-state index contributed by atoms with van der Waals surface area (Å²) in [7, 11) is 0. The summed E-state index contributed by atoms with van der Waals surface area (Å²) in [5.74, 6) is -0.913. The van der Waals surface area contributed by atoms with Crippen molar-refractivity contribution >= 4 is 39.8 Å². The highest BCUT2D eigenvalue weighted by molar-refractivity contribution is 7.17. The van der Waals surface area contributed by atoms with Gasteiger partial charge in [0.05, 0.1) is 24.4 Å². The highest BCUT2D eigenvalue weighted by atomic mass is 35.5. The molecular weight excluding hydrogens is 326 g/mol. The number of carbonyl (C=O) groups excluding carboxylic acids is 2. The molecule has 0 bridgehead atoms. The van der Waals surface area contributed by atoms with Crippen molar-refractivity contribution in [3.63, 3.8) is 0 Å². The molecule has 1 aliphatic heterocycles. The van der Waals surface area contributed by atoms with Gasteiger partial charge in [-0.05, 0) is 25.8 Å². The summed E-state index contributed by atoms with van der Waals surface area (Å²) in [4.78, 5) is 24.9. The number of fused-ring (bicyclic) bond motifs is 1. The lowest BCUT2D eigenvalue weighted by atomic mass is 9.89. The van der Waals surface area contributed by atoms with Gasteiger partial charge in [0.1, 0.15) is 10.9 Å². The van der Waals surface area contributed by atoms with Crippen LogP contribution in [0, 0.1) is 0 Å². The molecule has 1 unspecified atom stereocenters. The minimum atomic E-state index is -0.412. The molecular formula is C15H20ClNO4S. The van der Waals surface area contributed by atoms with Crippen LogP contribution in [-0.2, 0) is 27.3 Å². The Morgan fingerprint density at radius 3 is 2.77 bits per heavy atom. The average Bonchev–Trinajstić information content (AvgIpc) is 2.84. The van der Waals surface area contributed by atoms with Crippen LogP contribution in [0.4, 0.5) is 5.00 Å². The molecule has 0 aliphatic carbocycles. The molecule has 7 heteroatoms. The van der Waals surface area contributed by atoms with E-state index in [0.29, 0.717) is 23.6 Å². The number of hydrogen-bond acceptors (Lipinski definition) is 5. The normalized spacial score (nSPS) is 20.4.